The monoisotopic (exact) mass is 458 g/mol. The summed E-state index contributed by atoms with van der Waals surface area (Å²) in [5.74, 6) is 1.62. The zero-order chi connectivity index (χ0) is 23.2. The van der Waals surface area contributed by atoms with Gasteiger partial charge >= 0.3 is 0 Å². The molecule has 0 radical (unpaired) electrons. The Labute approximate surface area is 197 Å². The number of benzene rings is 3. The predicted molar refractivity (Wildman–Crippen MR) is 134 cm³/mol. The number of fused-ring (bicyclic) bond motifs is 1. The lowest BCUT2D eigenvalue weighted by atomic mass is 10.1. The van der Waals surface area contributed by atoms with Crippen molar-refractivity contribution < 1.29 is 9.53 Å². The van der Waals surface area contributed by atoms with Crippen LogP contribution < -0.4 is 10.1 Å². The number of nitrogens with one attached hydrogen (secondary N) is 1. The first-order valence-electron chi connectivity index (χ1n) is 10.7. The van der Waals surface area contributed by atoms with E-state index in [2.05, 4.69) is 34.2 Å². The highest BCUT2D eigenvalue weighted by Crippen LogP contribution is 2.26. The van der Waals surface area contributed by atoms with Crippen LogP contribution in [0.3, 0.4) is 0 Å². The molecule has 33 heavy (non-hydrogen) atoms. The van der Waals surface area contributed by atoms with Gasteiger partial charge in [0.1, 0.15) is 12.4 Å². The Morgan fingerprint density at radius 1 is 1.12 bits per heavy atom. The molecule has 4 rings (SSSR count). The van der Waals surface area contributed by atoms with Gasteiger partial charge in [0, 0.05) is 17.6 Å². The molecule has 7 heteroatoms. The van der Waals surface area contributed by atoms with E-state index < -0.39 is 0 Å². The Balaban J connectivity index is 1.43. The number of nitrogens with zero attached hydrogens (tertiary/aromatic N) is 3. The average Bonchev–Trinajstić information content (AvgIpc) is 3.20. The van der Waals surface area contributed by atoms with Gasteiger partial charge in [0.15, 0.2) is 11.0 Å². The summed E-state index contributed by atoms with van der Waals surface area (Å²) in [6.07, 6.45) is 1.78. The van der Waals surface area contributed by atoms with Crippen LogP contribution in [0.5, 0.6) is 5.75 Å². The number of allylic oxidation sites excluding steroid dienone is 1. The fraction of sp³-hybridized carbons (Fsp3) is 0.192. The van der Waals surface area contributed by atoms with Crippen LogP contribution in [0.1, 0.15) is 17.0 Å². The van der Waals surface area contributed by atoms with Gasteiger partial charge in [-0.1, -0.05) is 71.9 Å². The van der Waals surface area contributed by atoms with Crippen molar-refractivity contribution in [2.24, 2.45) is 0 Å². The molecule has 4 aromatic rings. The van der Waals surface area contributed by atoms with Crippen molar-refractivity contribution in [3.05, 3.63) is 90.3 Å². The molecule has 1 aromatic heterocycles. The third-order valence-corrected chi connectivity index (χ3v) is 6.17. The third kappa shape index (κ3) is 5.43. The van der Waals surface area contributed by atoms with Crippen LogP contribution in [0, 0.1) is 13.8 Å². The summed E-state index contributed by atoms with van der Waals surface area (Å²) >= 11 is 1.34. The van der Waals surface area contributed by atoms with Crippen LogP contribution >= 0.6 is 11.8 Å². The van der Waals surface area contributed by atoms with E-state index in [0.717, 1.165) is 33.3 Å². The van der Waals surface area contributed by atoms with Crippen LogP contribution in [0.25, 0.3) is 10.8 Å². The number of carbonyl (C=O) groups is 1. The molecule has 0 saturated heterocycles. The van der Waals surface area contributed by atoms with E-state index in [1.165, 1.54) is 11.8 Å². The molecule has 0 aliphatic heterocycles. The maximum atomic E-state index is 12.5. The van der Waals surface area contributed by atoms with Crippen molar-refractivity contribution in [1.29, 1.82) is 0 Å². The summed E-state index contributed by atoms with van der Waals surface area (Å²) in [6, 6.07) is 20.0. The lowest BCUT2D eigenvalue weighted by Crippen LogP contribution is -2.15. The molecule has 0 bridgehead atoms. The summed E-state index contributed by atoms with van der Waals surface area (Å²) in [7, 11) is 0. The normalized spacial score (nSPS) is 10.8. The van der Waals surface area contributed by atoms with Crippen molar-refractivity contribution in [3.63, 3.8) is 0 Å². The number of aryl methyl sites for hydroxylation is 2. The minimum atomic E-state index is -0.0892. The van der Waals surface area contributed by atoms with Crippen molar-refractivity contribution >= 4 is 34.1 Å². The van der Waals surface area contributed by atoms with Gasteiger partial charge < -0.3 is 10.1 Å². The molecule has 1 heterocycles. The zero-order valence-corrected chi connectivity index (χ0v) is 19.6. The molecule has 1 N–H and O–H groups in total. The molecule has 0 atom stereocenters. The highest BCUT2D eigenvalue weighted by Gasteiger charge is 2.15. The number of hydrogen-bond donors (Lipinski definition) is 1. The standard InChI is InChI=1S/C26H26N4O2S/c1-4-14-30-24(16-32-23-11-7-9-20-8-5-6-10-21(20)23)28-29-26(30)33-17-25(31)27-22-13-12-18(2)15-19(22)3/h4-13,15H,1,14,16-17H2,2-3H3,(H,27,31). The molecule has 6 nitrogen and oxygen atoms in total. The Hall–Kier alpha value is -3.58. The maximum Gasteiger partial charge on any atom is 0.234 e. The molecule has 0 aliphatic carbocycles. The molecule has 0 saturated carbocycles. The average molecular weight is 459 g/mol. The van der Waals surface area contributed by atoms with Crippen LogP contribution in [0.4, 0.5) is 5.69 Å². The Bertz CT molecular complexity index is 1290. The number of carbonyl (C=O) groups excluding carboxylic acids is 1. The van der Waals surface area contributed by atoms with Crippen molar-refractivity contribution in [1.82, 2.24) is 14.8 Å². The minimum Gasteiger partial charge on any atom is -0.485 e. The molecular weight excluding hydrogens is 432 g/mol. The van der Waals surface area contributed by atoms with E-state index in [9.17, 15) is 4.79 Å². The summed E-state index contributed by atoms with van der Waals surface area (Å²) in [5.41, 5.74) is 3.02. The maximum absolute atomic E-state index is 12.5. The number of anilines is 1. The number of rotatable bonds is 9. The SMILES string of the molecule is C=CCn1c(COc2cccc3ccccc23)nnc1SCC(=O)Nc1ccc(C)cc1C. The molecule has 0 unspecified atom stereocenters. The van der Waals surface area contributed by atoms with Gasteiger partial charge in [0.25, 0.3) is 0 Å². The Morgan fingerprint density at radius 3 is 2.76 bits per heavy atom. The van der Waals surface area contributed by atoms with Gasteiger partial charge in [-0.2, -0.15) is 0 Å². The highest BCUT2D eigenvalue weighted by atomic mass is 32.2. The van der Waals surface area contributed by atoms with Crippen LogP contribution in [-0.4, -0.2) is 26.4 Å². The molecular formula is C26H26N4O2S. The van der Waals surface area contributed by atoms with E-state index >= 15 is 0 Å². The zero-order valence-electron chi connectivity index (χ0n) is 18.7. The predicted octanol–water partition coefficient (Wildman–Crippen LogP) is 5.54. The minimum absolute atomic E-state index is 0.0892. The first kappa shape index (κ1) is 22.6. The number of thioether (sulfide) groups is 1. The van der Waals surface area contributed by atoms with Gasteiger partial charge in [-0.25, -0.2) is 0 Å². The van der Waals surface area contributed by atoms with Gasteiger partial charge in [0.2, 0.25) is 5.91 Å². The van der Waals surface area contributed by atoms with E-state index in [0.29, 0.717) is 17.5 Å². The number of ether oxygens (including phenoxy) is 1. The summed E-state index contributed by atoms with van der Waals surface area (Å²) in [4.78, 5) is 12.5. The fourth-order valence-electron chi connectivity index (χ4n) is 3.58. The molecule has 0 aliphatic rings. The second-order valence-electron chi connectivity index (χ2n) is 7.72. The molecule has 168 valence electrons. The molecule has 3 aromatic carbocycles. The van der Waals surface area contributed by atoms with Crippen molar-refractivity contribution in [2.45, 2.75) is 32.2 Å². The van der Waals surface area contributed by atoms with E-state index in [1.807, 2.05) is 66.9 Å². The second kappa shape index (κ2) is 10.4. The Morgan fingerprint density at radius 2 is 1.94 bits per heavy atom. The topological polar surface area (TPSA) is 69.0 Å². The lowest BCUT2D eigenvalue weighted by Gasteiger charge is -2.11. The first-order chi connectivity index (χ1) is 16.0. The fourth-order valence-corrected chi connectivity index (χ4v) is 4.35. The van der Waals surface area contributed by atoms with Gasteiger partial charge in [-0.15, -0.1) is 16.8 Å². The molecule has 0 fully saturated rings. The van der Waals surface area contributed by atoms with E-state index in [-0.39, 0.29) is 18.3 Å². The van der Waals surface area contributed by atoms with Crippen molar-refractivity contribution in [3.8, 4) is 5.75 Å². The lowest BCUT2D eigenvalue weighted by molar-refractivity contribution is -0.113. The molecule has 0 spiro atoms. The van der Waals surface area contributed by atoms with Gasteiger partial charge in [0.05, 0.1) is 5.75 Å². The quantitative estimate of drug-likeness (QED) is 0.263. The van der Waals surface area contributed by atoms with Gasteiger partial charge in [-0.3, -0.25) is 9.36 Å². The number of aromatic nitrogens is 3. The third-order valence-electron chi connectivity index (χ3n) is 5.20. The van der Waals surface area contributed by atoms with Crippen molar-refractivity contribution in [2.75, 3.05) is 11.1 Å². The van der Waals surface area contributed by atoms with Crippen LogP contribution in [0.2, 0.25) is 0 Å². The number of amides is 1. The molecule has 1 amide bonds. The van der Waals surface area contributed by atoms with E-state index in [4.69, 9.17) is 4.74 Å². The second-order valence-corrected chi connectivity index (χ2v) is 8.66. The largest absolute Gasteiger partial charge is 0.485 e. The Kier molecular flexibility index (Phi) is 7.10. The van der Waals surface area contributed by atoms with E-state index in [1.54, 1.807) is 6.08 Å². The van der Waals surface area contributed by atoms with Gasteiger partial charge in [-0.05, 0) is 36.9 Å². The highest BCUT2D eigenvalue weighted by molar-refractivity contribution is 7.99. The summed E-state index contributed by atoms with van der Waals surface area (Å²) in [5, 5.41) is 14.4. The van der Waals surface area contributed by atoms with Crippen LogP contribution in [-0.2, 0) is 17.9 Å². The first-order valence-corrected chi connectivity index (χ1v) is 11.7. The summed E-state index contributed by atoms with van der Waals surface area (Å²) < 4.78 is 8.01. The summed E-state index contributed by atoms with van der Waals surface area (Å²) in [6.45, 7) is 8.65. The number of hydrogen-bond acceptors (Lipinski definition) is 5. The van der Waals surface area contributed by atoms with Crippen LogP contribution in [0.15, 0.2) is 78.5 Å². The smallest absolute Gasteiger partial charge is 0.234 e.